The van der Waals surface area contributed by atoms with E-state index in [9.17, 15) is 0 Å². The zero-order valence-corrected chi connectivity index (χ0v) is 10.9. The average molecular weight is 228 g/mol. The molecule has 1 aliphatic rings. The maximum Gasteiger partial charge on any atom is 0.0870 e. The minimum atomic E-state index is 0.635. The van der Waals surface area contributed by atoms with Gasteiger partial charge in [-0.05, 0) is 25.3 Å². The number of nitrogens with zero attached hydrogens (tertiary/aromatic N) is 1. The number of rotatable bonds is 5. The highest BCUT2D eigenvalue weighted by Crippen LogP contribution is 2.29. The molecule has 3 heteroatoms. The van der Waals surface area contributed by atoms with Gasteiger partial charge in [-0.2, -0.15) is 0 Å². The van der Waals surface area contributed by atoms with E-state index in [0.717, 1.165) is 25.0 Å². The summed E-state index contributed by atoms with van der Waals surface area (Å²) in [7, 11) is 0. The molecule has 1 aliphatic carbocycles. The van der Waals surface area contributed by atoms with Crippen molar-refractivity contribution in [2.45, 2.75) is 52.0 Å². The summed E-state index contributed by atoms with van der Waals surface area (Å²) in [5, 5.41) is 0. The Labute approximate surface area is 99.2 Å². The number of thiocarbonyl (C=S) groups is 1. The lowest BCUT2D eigenvalue weighted by Gasteiger charge is -2.36. The van der Waals surface area contributed by atoms with Crippen LogP contribution in [0.1, 0.15) is 46.0 Å². The molecule has 0 radical (unpaired) electrons. The first kappa shape index (κ1) is 12.9. The lowest BCUT2D eigenvalue weighted by atomic mass is 9.83. The molecule has 0 aromatic rings. The topological polar surface area (TPSA) is 29.3 Å². The van der Waals surface area contributed by atoms with Crippen LogP contribution >= 0.6 is 12.2 Å². The van der Waals surface area contributed by atoms with E-state index in [2.05, 4.69) is 18.7 Å². The molecule has 0 bridgehead atoms. The third kappa shape index (κ3) is 4.07. The van der Waals surface area contributed by atoms with Gasteiger partial charge >= 0.3 is 0 Å². The van der Waals surface area contributed by atoms with Gasteiger partial charge in [-0.15, -0.1) is 0 Å². The third-order valence-electron chi connectivity index (χ3n) is 3.61. The van der Waals surface area contributed by atoms with Crippen molar-refractivity contribution >= 4 is 17.2 Å². The van der Waals surface area contributed by atoms with Crippen LogP contribution in [0.5, 0.6) is 0 Å². The van der Waals surface area contributed by atoms with Crippen LogP contribution in [0.2, 0.25) is 0 Å². The number of hydrogen-bond donors (Lipinski definition) is 1. The van der Waals surface area contributed by atoms with Crippen molar-refractivity contribution in [3.05, 3.63) is 0 Å². The van der Waals surface area contributed by atoms with Crippen molar-refractivity contribution in [2.75, 3.05) is 13.1 Å². The van der Waals surface area contributed by atoms with Gasteiger partial charge in [0.1, 0.15) is 0 Å². The van der Waals surface area contributed by atoms with Crippen LogP contribution < -0.4 is 5.73 Å². The quantitative estimate of drug-likeness (QED) is 0.733. The van der Waals surface area contributed by atoms with Crippen molar-refractivity contribution in [3.8, 4) is 0 Å². The second kappa shape index (κ2) is 6.44. The molecule has 0 saturated heterocycles. The maximum atomic E-state index is 5.63. The Morgan fingerprint density at radius 3 is 2.67 bits per heavy atom. The van der Waals surface area contributed by atoms with Crippen molar-refractivity contribution in [2.24, 2.45) is 11.7 Å². The van der Waals surface area contributed by atoms with Gasteiger partial charge < -0.3 is 5.73 Å². The summed E-state index contributed by atoms with van der Waals surface area (Å²) >= 11 is 5.00. The summed E-state index contributed by atoms with van der Waals surface area (Å²) in [4.78, 5) is 3.08. The van der Waals surface area contributed by atoms with Crippen molar-refractivity contribution < 1.29 is 0 Å². The summed E-state index contributed by atoms with van der Waals surface area (Å²) in [5.41, 5.74) is 5.63. The summed E-state index contributed by atoms with van der Waals surface area (Å²) in [6, 6.07) is 0.718. The second-order valence-electron chi connectivity index (χ2n) is 4.62. The van der Waals surface area contributed by atoms with E-state index < -0.39 is 0 Å². The molecule has 1 rings (SSSR count). The average Bonchev–Trinajstić information content (AvgIpc) is 2.25. The van der Waals surface area contributed by atoms with Crippen LogP contribution in [0.4, 0.5) is 0 Å². The van der Waals surface area contributed by atoms with Crippen molar-refractivity contribution in [1.29, 1.82) is 0 Å². The van der Waals surface area contributed by atoms with Crippen LogP contribution in [0, 0.1) is 5.92 Å². The summed E-state index contributed by atoms with van der Waals surface area (Å²) in [6.45, 7) is 6.37. The fourth-order valence-electron chi connectivity index (χ4n) is 2.66. The van der Waals surface area contributed by atoms with Crippen LogP contribution in [-0.4, -0.2) is 29.0 Å². The Morgan fingerprint density at radius 2 is 2.13 bits per heavy atom. The van der Waals surface area contributed by atoms with E-state index in [4.69, 9.17) is 18.0 Å². The molecule has 1 fully saturated rings. The molecule has 2 nitrogen and oxygen atoms in total. The first-order valence-electron chi connectivity index (χ1n) is 6.19. The lowest BCUT2D eigenvalue weighted by molar-refractivity contribution is 0.151. The molecule has 0 aliphatic heterocycles. The molecular formula is C12H24N2S. The van der Waals surface area contributed by atoms with Crippen LogP contribution in [-0.2, 0) is 0 Å². The number of likely N-dealkylation sites (N-methyl/N-ethyl adjacent to an activating group) is 1. The van der Waals surface area contributed by atoms with E-state index in [-0.39, 0.29) is 0 Å². The molecule has 2 N–H and O–H groups in total. The molecule has 88 valence electrons. The largest absolute Gasteiger partial charge is 0.392 e. The summed E-state index contributed by atoms with van der Waals surface area (Å²) in [6.07, 6.45) is 6.77. The smallest absolute Gasteiger partial charge is 0.0870 e. The van der Waals surface area contributed by atoms with Gasteiger partial charge in [-0.25, -0.2) is 0 Å². The Bertz CT molecular complexity index is 206. The summed E-state index contributed by atoms with van der Waals surface area (Å²) in [5.74, 6) is 0.921. The van der Waals surface area contributed by atoms with Gasteiger partial charge in [0.25, 0.3) is 0 Å². The Balaban J connectivity index is 2.47. The first-order valence-corrected chi connectivity index (χ1v) is 6.60. The molecule has 0 amide bonds. The van der Waals surface area contributed by atoms with Crippen LogP contribution in [0.15, 0.2) is 0 Å². The first-order chi connectivity index (χ1) is 7.17. The van der Waals surface area contributed by atoms with Gasteiger partial charge in [0.2, 0.25) is 0 Å². The Morgan fingerprint density at radius 1 is 1.40 bits per heavy atom. The maximum absolute atomic E-state index is 5.63. The van der Waals surface area contributed by atoms with Crippen molar-refractivity contribution in [3.63, 3.8) is 0 Å². The minimum Gasteiger partial charge on any atom is -0.392 e. The summed E-state index contributed by atoms with van der Waals surface area (Å²) < 4.78 is 0. The number of hydrogen-bond acceptors (Lipinski definition) is 2. The van der Waals surface area contributed by atoms with Crippen molar-refractivity contribution in [1.82, 2.24) is 4.90 Å². The zero-order valence-electron chi connectivity index (χ0n) is 10.0. The minimum absolute atomic E-state index is 0.635. The zero-order chi connectivity index (χ0) is 11.3. The van der Waals surface area contributed by atoms with Gasteiger partial charge in [-0.1, -0.05) is 45.3 Å². The number of nitrogens with two attached hydrogens (primary N) is 1. The third-order valence-corrected chi connectivity index (χ3v) is 3.74. The van der Waals surface area contributed by atoms with Crippen LogP contribution in [0.3, 0.4) is 0 Å². The van der Waals surface area contributed by atoms with E-state index in [1.165, 1.54) is 32.1 Å². The van der Waals surface area contributed by atoms with E-state index in [1.54, 1.807) is 0 Å². The molecule has 0 spiro atoms. The monoisotopic (exact) mass is 228 g/mol. The molecule has 2 atom stereocenters. The standard InChI is InChI=1S/C12H24N2S/c1-3-10-6-5-7-11(8-10)14(4-2)9-12(13)15/h10-11H,3-9H2,1-2H3,(H2,13,15). The molecular weight excluding hydrogens is 204 g/mol. The molecule has 0 aromatic heterocycles. The fraction of sp³-hybridized carbons (Fsp3) is 0.917. The van der Waals surface area contributed by atoms with Crippen LogP contribution in [0.25, 0.3) is 0 Å². The molecule has 2 unspecified atom stereocenters. The molecule has 0 aromatic carbocycles. The second-order valence-corrected chi connectivity index (χ2v) is 5.15. The van der Waals surface area contributed by atoms with Gasteiger partial charge in [0.05, 0.1) is 4.99 Å². The highest BCUT2D eigenvalue weighted by atomic mass is 32.1. The van der Waals surface area contributed by atoms with Gasteiger partial charge in [0.15, 0.2) is 0 Å². The van der Waals surface area contributed by atoms with Gasteiger partial charge in [0, 0.05) is 12.6 Å². The highest BCUT2D eigenvalue weighted by Gasteiger charge is 2.25. The fourth-order valence-corrected chi connectivity index (χ4v) is 2.83. The van der Waals surface area contributed by atoms with E-state index in [0.29, 0.717) is 4.99 Å². The Hall–Kier alpha value is -0.150. The molecule has 15 heavy (non-hydrogen) atoms. The predicted molar refractivity (Wildman–Crippen MR) is 70.1 cm³/mol. The SMILES string of the molecule is CCC1CCCC(N(CC)CC(N)=S)C1. The molecule has 1 saturated carbocycles. The Kier molecular flexibility index (Phi) is 5.54. The normalized spacial score (nSPS) is 26.9. The highest BCUT2D eigenvalue weighted by molar-refractivity contribution is 7.80. The van der Waals surface area contributed by atoms with Gasteiger partial charge in [-0.3, -0.25) is 4.90 Å². The molecule has 0 heterocycles. The van der Waals surface area contributed by atoms with E-state index in [1.807, 2.05) is 0 Å². The van der Waals surface area contributed by atoms with E-state index >= 15 is 0 Å². The predicted octanol–water partition coefficient (Wildman–Crippen LogP) is 2.56. The lowest BCUT2D eigenvalue weighted by Crippen LogP contribution is -2.42.